The predicted octanol–water partition coefficient (Wildman–Crippen LogP) is 3.40. The molecule has 0 saturated heterocycles. The number of amides is 1. The Morgan fingerprint density at radius 2 is 1.89 bits per heavy atom. The number of hydrogen-bond acceptors (Lipinski definition) is 2. The van der Waals surface area contributed by atoms with E-state index in [-0.39, 0.29) is 10.8 Å². The molecule has 0 fully saturated rings. The summed E-state index contributed by atoms with van der Waals surface area (Å²) >= 11 is 5.61. The van der Waals surface area contributed by atoms with Crippen LogP contribution in [0.5, 0.6) is 0 Å². The summed E-state index contributed by atoms with van der Waals surface area (Å²) in [5.74, 6) is -5.52. The van der Waals surface area contributed by atoms with Crippen LogP contribution in [0.4, 0.5) is 18.9 Å². The maximum atomic E-state index is 13.4. The van der Waals surface area contributed by atoms with Crippen molar-refractivity contribution in [2.75, 3.05) is 5.32 Å². The number of pyridine rings is 1. The molecule has 0 aliphatic carbocycles. The number of aromatic nitrogens is 1. The summed E-state index contributed by atoms with van der Waals surface area (Å²) in [6.45, 7) is 0. The van der Waals surface area contributed by atoms with E-state index < -0.39 is 28.9 Å². The monoisotopic (exact) mass is 286 g/mol. The summed E-state index contributed by atoms with van der Waals surface area (Å²) in [6.07, 6.45) is 1.33. The van der Waals surface area contributed by atoms with Gasteiger partial charge in [-0.15, -0.1) is 0 Å². The third-order valence-electron chi connectivity index (χ3n) is 2.26. The second-order valence-electron chi connectivity index (χ2n) is 3.54. The lowest BCUT2D eigenvalue weighted by atomic mass is 10.2. The number of hydrogen-bond donors (Lipinski definition) is 1. The number of carbonyl (C=O) groups is 1. The first kappa shape index (κ1) is 13.4. The van der Waals surface area contributed by atoms with Gasteiger partial charge in [0.15, 0.2) is 17.5 Å². The van der Waals surface area contributed by atoms with Gasteiger partial charge in [0.05, 0.1) is 5.56 Å². The van der Waals surface area contributed by atoms with Gasteiger partial charge in [-0.2, -0.15) is 0 Å². The fraction of sp³-hybridized carbons (Fsp3) is 0. The highest BCUT2D eigenvalue weighted by molar-refractivity contribution is 6.29. The van der Waals surface area contributed by atoms with Gasteiger partial charge in [-0.1, -0.05) is 11.6 Å². The maximum Gasteiger partial charge on any atom is 0.258 e. The van der Waals surface area contributed by atoms with E-state index in [1.165, 1.54) is 18.3 Å². The quantitative estimate of drug-likeness (QED) is 0.679. The van der Waals surface area contributed by atoms with Crippen molar-refractivity contribution < 1.29 is 18.0 Å². The molecule has 98 valence electrons. The highest BCUT2D eigenvalue weighted by Crippen LogP contribution is 2.18. The number of benzene rings is 1. The molecule has 0 aliphatic heterocycles. The fourth-order valence-electron chi connectivity index (χ4n) is 1.38. The van der Waals surface area contributed by atoms with Gasteiger partial charge >= 0.3 is 0 Å². The molecule has 1 heterocycles. The minimum absolute atomic E-state index is 0.128. The normalized spacial score (nSPS) is 10.3. The predicted molar refractivity (Wildman–Crippen MR) is 63.5 cm³/mol. The number of nitrogens with one attached hydrogen (secondary N) is 1. The largest absolute Gasteiger partial charge is 0.322 e. The molecule has 1 N–H and O–H groups in total. The SMILES string of the molecule is O=C(Nc1ccnc(Cl)c1)c1ccc(F)c(F)c1F. The van der Waals surface area contributed by atoms with E-state index in [9.17, 15) is 18.0 Å². The second-order valence-corrected chi connectivity index (χ2v) is 3.93. The molecule has 0 bridgehead atoms. The summed E-state index contributed by atoms with van der Waals surface area (Å²) in [5.41, 5.74) is -0.346. The van der Waals surface area contributed by atoms with Crippen molar-refractivity contribution in [2.45, 2.75) is 0 Å². The molecule has 3 nitrogen and oxygen atoms in total. The molecule has 7 heteroatoms. The van der Waals surface area contributed by atoms with Gasteiger partial charge in [-0.05, 0) is 24.3 Å². The van der Waals surface area contributed by atoms with Crippen LogP contribution in [-0.2, 0) is 0 Å². The first-order valence-electron chi connectivity index (χ1n) is 5.05. The molecule has 0 spiro atoms. The summed E-state index contributed by atoms with van der Waals surface area (Å²) < 4.78 is 39.1. The van der Waals surface area contributed by atoms with E-state index in [4.69, 9.17) is 11.6 Å². The summed E-state index contributed by atoms with van der Waals surface area (Å²) in [4.78, 5) is 15.4. The highest BCUT2D eigenvalue weighted by atomic mass is 35.5. The van der Waals surface area contributed by atoms with Crippen LogP contribution in [0.25, 0.3) is 0 Å². The zero-order valence-corrected chi connectivity index (χ0v) is 10.0. The molecule has 0 unspecified atom stereocenters. The van der Waals surface area contributed by atoms with Crippen LogP contribution in [0.2, 0.25) is 5.15 Å². The number of halogens is 4. The van der Waals surface area contributed by atoms with Crippen molar-refractivity contribution in [1.82, 2.24) is 4.98 Å². The average Bonchev–Trinajstić information content (AvgIpc) is 2.36. The minimum Gasteiger partial charge on any atom is -0.322 e. The van der Waals surface area contributed by atoms with Gasteiger partial charge < -0.3 is 5.32 Å². The Morgan fingerprint density at radius 1 is 1.16 bits per heavy atom. The molecule has 2 aromatic rings. The van der Waals surface area contributed by atoms with E-state index in [2.05, 4.69) is 10.3 Å². The van der Waals surface area contributed by atoms with Gasteiger partial charge in [-0.3, -0.25) is 4.79 Å². The van der Waals surface area contributed by atoms with Crippen LogP contribution in [0.1, 0.15) is 10.4 Å². The standard InChI is InChI=1S/C12H6ClF3N2O/c13-9-5-6(3-4-17-9)18-12(19)7-1-2-8(14)11(16)10(7)15/h1-5H,(H,17,18,19). The van der Waals surface area contributed by atoms with Crippen LogP contribution < -0.4 is 5.32 Å². The zero-order chi connectivity index (χ0) is 14.0. The maximum absolute atomic E-state index is 13.4. The van der Waals surface area contributed by atoms with Crippen LogP contribution in [0.15, 0.2) is 30.5 Å². The summed E-state index contributed by atoms with van der Waals surface area (Å²) in [5, 5.41) is 2.42. The number of anilines is 1. The van der Waals surface area contributed by atoms with Crippen LogP contribution >= 0.6 is 11.6 Å². The van der Waals surface area contributed by atoms with Crippen molar-refractivity contribution in [2.24, 2.45) is 0 Å². The lowest BCUT2D eigenvalue weighted by Crippen LogP contribution is -2.15. The molecule has 1 amide bonds. The Labute approximate surface area is 111 Å². The third kappa shape index (κ3) is 2.85. The molecular formula is C12H6ClF3N2O. The van der Waals surface area contributed by atoms with Gasteiger partial charge in [0.1, 0.15) is 5.15 Å². The fourth-order valence-corrected chi connectivity index (χ4v) is 1.55. The van der Waals surface area contributed by atoms with Gasteiger partial charge in [0.25, 0.3) is 5.91 Å². The lowest BCUT2D eigenvalue weighted by molar-refractivity contribution is 0.102. The van der Waals surface area contributed by atoms with Crippen molar-refractivity contribution in [3.63, 3.8) is 0 Å². The molecule has 0 saturated carbocycles. The average molecular weight is 287 g/mol. The van der Waals surface area contributed by atoms with E-state index in [1.54, 1.807) is 0 Å². The van der Waals surface area contributed by atoms with Gasteiger partial charge in [0.2, 0.25) is 0 Å². The molecular weight excluding hydrogens is 281 g/mol. The Morgan fingerprint density at radius 3 is 2.58 bits per heavy atom. The minimum atomic E-state index is -1.69. The highest BCUT2D eigenvalue weighted by Gasteiger charge is 2.18. The smallest absolute Gasteiger partial charge is 0.258 e. The van der Waals surface area contributed by atoms with Crippen LogP contribution in [0.3, 0.4) is 0 Å². The van der Waals surface area contributed by atoms with Crippen LogP contribution in [0, 0.1) is 17.5 Å². The van der Waals surface area contributed by atoms with Crippen molar-refractivity contribution in [3.8, 4) is 0 Å². The molecule has 0 radical (unpaired) electrons. The van der Waals surface area contributed by atoms with Crippen molar-refractivity contribution in [3.05, 3.63) is 58.6 Å². The first-order chi connectivity index (χ1) is 8.99. The van der Waals surface area contributed by atoms with E-state index in [0.29, 0.717) is 6.07 Å². The zero-order valence-electron chi connectivity index (χ0n) is 9.25. The van der Waals surface area contributed by atoms with Gasteiger partial charge in [0, 0.05) is 11.9 Å². The second kappa shape index (κ2) is 5.27. The van der Waals surface area contributed by atoms with Crippen molar-refractivity contribution in [1.29, 1.82) is 0 Å². The molecule has 19 heavy (non-hydrogen) atoms. The summed E-state index contributed by atoms with van der Waals surface area (Å²) in [7, 11) is 0. The molecule has 0 atom stereocenters. The lowest BCUT2D eigenvalue weighted by Gasteiger charge is -2.06. The molecule has 2 rings (SSSR count). The Balaban J connectivity index is 2.28. The van der Waals surface area contributed by atoms with Crippen LogP contribution in [-0.4, -0.2) is 10.9 Å². The molecule has 0 aliphatic rings. The number of rotatable bonds is 2. The van der Waals surface area contributed by atoms with E-state index >= 15 is 0 Å². The molecule has 1 aromatic heterocycles. The third-order valence-corrected chi connectivity index (χ3v) is 2.47. The Hall–Kier alpha value is -2.08. The van der Waals surface area contributed by atoms with Crippen molar-refractivity contribution >= 4 is 23.2 Å². The van der Waals surface area contributed by atoms with Gasteiger partial charge in [-0.25, -0.2) is 18.2 Å². The number of nitrogens with zero attached hydrogens (tertiary/aromatic N) is 1. The first-order valence-corrected chi connectivity index (χ1v) is 5.43. The van der Waals surface area contributed by atoms with E-state index in [1.807, 2.05) is 0 Å². The Kier molecular flexibility index (Phi) is 3.71. The molecule has 1 aromatic carbocycles. The number of carbonyl (C=O) groups excluding carboxylic acids is 1. The summed E-state index contributed by atoms with van der Waals surface area (Å²) in [6, 6.07) is 4.28. The van der Waals surface area contributed by atoms with E-state index in [0.717, 1.165) is 6.07 Å². The Bertz CT molecular complexity index is 649. The topological polar surface area (TPSA) is 42.0 Å².